The number of aryl methyl sites for hydroxylation is 2. The second-order valence-electron chi connectivity index (χ2n) is 9.87. The van der Waals surface area contributed by atoms with Gasteiger partial charge in [0.05, 0.1) is 6.10 Å². The predicted molar refractivity (Wildman–Crippen MR) is 113 cm³/mol. The molecule has 0 radical (unpaired) electrons. The Balaban J connectivity index is 1.25. The summed E-state index contributed by atoms with van der Waals surface area (Å²) in [6.07, 6.45) is 11.2. The molecule has 0 N–H and O–H groups in total. The molecule has 8 heteroatoms. The van der Waals surface area contributed by atoms with Gasteiger partial charge in [0, 0.05) is 37.8 Å². The van der Waals surface area contributed by atoms with Crippen LogP contribution in [0.5, 0.6) is 0 Å². The molecule has 1 spiro atoms. The maximum absolute atomic E-state index is 13.1. The Morgan fingerprint density at radius 2 is 1.80 bits per heavy atom. The van der Waals surface area contributed by atoms with E-state index in [0.29, 0.717) is 36.7 Å². The summed E-state index contributed by atoms with van der Waals surface area (Å²) in [5, 5.41) is 3.84. The number of nitrogens with zero attached hydrogens (tertiary/aromatic N) is 3. The molecule has 4 fully saturated rings. The van der Waals surface area contributed by atoms with Crippen molar-refractivity contribution in [3.63, 3.8) is 0 Å². The van der Waals surface area contributed by atoms with Crippen LogP contribution in [0.2, 0.25) is 0 Å². The lowest BCUT2D eigenvalue weighted by Crippen LogP contribution is -2.75. The standard InChI is InChI=1S/C22H35N3O4S/c1-16-21(17(2)29-23-16)30(26,27)24-12-8-19(9-13-24)25-14-20(28-15-18-6-7-18)22(25)10-4-3-5-11-22/h18-20H,3-15H2,1-2H3. The van der Waals surface area contributed by atoms with E-state index in [2.05, 4.69) is 10.1 Å². The maximum Gasteiger partial charge on any atom is 0.248 e. The highest BCUT2D eigenvalue weighted by Gasteiger charge is 2.56. The Kier molecular flexibility index (Phi) is 5.49. The molecule has 1 atom stereocenters. The lowest BCUT2D eigenvalue weighted by Gasteiger charge is -2.63. The van der Waals surface area contributed by atoms with Gasteiger partial charge in [-0.25, -0.2) is 8.42 Å². The van der Waals surface area contributed by atoms with Crippen LogP contribution in [-0.2, 0) is 14.8 Å². The van der Waals surface area contributed by atoms with Gasteiger partial charge in [0.25, 0.3) is 0 Å². The van der Waals surface area contributed by atoms with Gasteiger partial charge in [-0.1, -0.05) is 24.4 Å². The lowest BCUT2D eigenvalue weighted by molar-refractivity contribution is -0.202. The van der Waals surface area contributed by atoms with Gasteiger partial charge in [-0.2, -0.15) is 4.31 Å². The Morgan fingerprint density at radius 3 is 2.40 bits per heavy atom. The zero-order valence-electron chi connectivity index (χ0n) is 18.3. The number of hydrogen-bond donors (Lipinski definition) is 0. The van der Waals surface area contributed by atoms with E-state index in [0.717, 1.165) is 31.9 Å². The van der Waals surface area contributed by atoms with E-state index in [9.17, 15) is 8.42 Å². The fourth-order valence-electron chi connectivity index (χ4n) is 6.00. The van der Waals surface area contributed by atoms with Gasteiger partial charge in [0.15, 0.2) is 5.76 Å². The molecule has 5 rings (SSSR count). The molecule has 0 bridgehead atoms. The van der Waals surface area contributed by atoms with Gasteiger partial charge in [0.1, 0.15) is 10.6 Å². The first-order valence-electron chi connectivity index (χ1n) is 11.7. The molecule has 168 valence electrons. The fraction of sp³-hybridized carbons (Fsp3) is 0.864. The molecular formula is C22H35N3O4S. The summed E-state index contributed by atoms with van der Waals surface area (Å²) in [5.74, 6) is 1.19. The SMILES string of the molecule is Cc1noc(C)c1S(=O)(=O)N1CCC(N2CC(OCC3CC3)C23CCCCC3)CC1. The summed E-state index contributed by atoms with van der Waals surface area (Å²) >= 11 is 0. The van der Waals surface area contributed by atoms with Crippen LogP contribution in [0, 0.1) is 19.8 Å². The molecule has 0 aromatic carbocycles. The first kappa shape index (κ1) is 20.9. The van der Waals surface area contributed by atoms with E-state index in [1.807, 2.05) is 0 Å². The summed E-state index contributed by atoms with van der Waals surface area (Å²) in [6.45, 7) is 6.47. The molecule has 7 nitrogen and oxygen atoms in total. The van der Waals surface area contributed by atoms with Gasteiger partial charge in [-0.15, -0.1) is 0 Å². The van der Waals surface area contributed by atoms with Crippen molar-refractivity contribution in [1.29, 1.82) is 0 Å². The van der Waals surface area contributed by atoms with Crippen LogP contribution in [0.3, 0.4) is 0 Å². The van der Waals surface area contributed by atoms with Crippen molar-refractivity contribution in [3.8, 4) is 0 Å². The molecule has 1 aromatic rings. The molecular weight excluding hydrogens is 402 g/mol. The smallest absolute Gasteiger partial charge is 0.248 e. The topological polar surface area (TPSA) is 75.9 Å². The average molecular weight is 438 g/mol. The fourth-order valence-corrected chi connectivity index (χ4v) is 7.76. The van der Waals surface area contributed by atoms with E-state index in [4.69, 9.17) is 9.26 Å². The number of sulfonamides is 1. The summed E-state index contributed by atoms with van der Waals surface area (Å²) in [4.78, 5) is 2.95. The van der Waals surface area contributed by atoms with Crippen LogP contribution < -0.4 is 0 Å². The van der Waals surface area contributed by atoms with Crippen LogP contribution >= 0.6 is 0 Å². The highest BCUT2D eigenvalue weighted by atomic mass is 32.2. The van der Waals surface area contributed by atoms with Crippen LogP contribution in [0.15, 0.2) is 9.42 Å². The monoisotopic (exact) mass is 437 g/mol. The Bertz CT molecular complexity index is 845. The Hall–Kier alpha value is -0.960. The van der Waals surface area contributed by atoms with Gasteiger partial charge in [0.2, 0.25) is 10.0 Å². The number of likely N-dealkylation sites (tertiary alicyclic amines) is 1. The van der Waals surface area contributed by atoms with Crippen molar-refractivity contribution in [2.24, 2.45) is 5.92 Å². The number of rotatable bonds is 6. The average Bonchev–Trinajstić information content (AvgIpc) is 3.50. The van der Waals surface area contributed by atoms with E-state index in [1.165, 1.54) is 44.9 Å². The van der Waals surface area contributed by atoms with Gasteiger partial charge in [-0.05, 0) is 58.3 Å². The van der Waals surface area contributed by atoms with Gasteiger partial charge in [-0.3, -0.25) is 4.90 Å². The largest absolute Gasteiger partial charge is 0.375 e. The zero-order chi connectivity index (χ0) is 20.9. The minimum Gasteiger partial charge on any atom is -0.375 e. The third kappa shape index (κ3) is 3.53. The number of piperidine rings is 1. The Morgan fingerprint density at radius 1 is 1.10 bits per heavy atom. The van der Waals surface area contributed by atoms with Crippen LogP contribution in [-0.4, -0.2) is 66.7 Å². The molecule has 2 aliphatic carbocycles. The summed E-state index contributed by atoms with van der Waals surface area (Å²) in [6, 6.07) is 0.458. The number of aromatic nitrogens is 1. The van der Waals surface area contributed by atoms with Crippen molar-refractivity contribution >= 4 is 10.0 Å². The van der Waals surface area contributed by atoms with Crippen molar-refractivity contribution in [1.82, 2.24) is 14.4 Å². The summed E-state index contributed by atoms with van der Waals surface area (Å²) < 4.78 is 39.4. The molecule has 2 saturated carbocycles. The van der Waals surface area contributed by atoms with E-state index in [1.54, 1.807) is 18.2 Å². The molecule has 1 aromatic heterocycles. The molecule has 3 heterocycles. The van der Waals surface area contributed by atoms with E-state index < -0.39 is 10.0 Å². The minimum atomic E-state index is -3.54. The van der Waals surface area contributed by atoms with Crippen LogP contribution in [0.1, 0.15) is 69.2 Å². The third-order valence-corrected chi connectivity index (χ3v) is 10.1. The minimum absolute atomic E-state index is 0.209. The highest BCUT2D eigenvalue weighted by molar-refractivity contribution is 7.89. The second-order valence-corrected chi connectivity index (χ2v) is 11.7. The van der Waals surface area contributed by atoms with Crippen LogP contribution in [0.4, 0.5) is 0 Å². The van der Waals surface area contributed by atoms with Crippen molar-refractivity contribution in [2.75, 3.05) is 26.2 Å². The number of ether oxygens (including phenoxy) is 1. The molecule has 1 unspecified atom stereocenters. The molecule has 30 heavy (non-hydrogen) atoms. The predicted octanol–water partition coefficient (Wildman–Crippen LogP) is 3.26. The molecule has 4 aliphatic rings. The third-order valence-electron chi connectivity index (χ3n) is 7.91. The first-order chi connectivity index (χ1) is 14.4. The van der Waals surface area contributed by atoms with Gasteiger partial charge >= 0.3 is 0 Å². The second kappa shape index (κ2) is 7.87. The highest BCUT2D eigenvalue weighted by Crippen LogP contribution is 2.48. The summed E-state index contributed by atoms with van der Waals surface area (Å²) in [7, 11) is -3.54. The maximum atomic E-state index is 13.1. The van der Waals surface area contributed by atoms with Crippen molar-refractivity contribution < 1.29 is 17.7 Å². The quantitative estimate of drug-likeness (QED) is 0.680. The van der Waals surface area contributed by atoms with Crippen LogP contribution in [0.25, 0.3) is 0 Å². The molecule has 2 aliphatic heterocycles. The number of hydrogen-bond acceptors (Lipinski definition) is 6. The first-order valence-corrected chi connectivity index (χ1v) is 13.2. The van der Waals surface area contributed by atoms with E-state index in [-0.39, 0.29) is 10.4 Å². The van der Waals surface area contributed by atoms with Crippen molar-refractivity contribution in [3.05, 3.63) is 11.5 Å². The Labute approximate surface area is 180 Å². The zero-order valence-corrected chi connectivity index (χ0v) is 19.1. The summed E-state index contributed by atoms with van der Waals surface area (Å²) in [5.41, 5.74) is 0.662. The van der Waals surface area contributed by atoms with Crippen molar-refractivity contribution in [2.45, 2.75) is 94.2 Å². The normalized spacial score (nSPS) is 28.7. The lowest BCUT2D eigenvalue weighted by atomic mass is 9.69. The van der Waals surface area contributed by atoms with Gasteiger partial charge < -0.3 is 9.26 Å². The molecule has 2 saturated heterocycles. The van der Waals surface area contributed by atoms with E-state index >= 15 is 0 Å². The molecule has 0 amide bonds.